The van der Waals surface area contributed by atoms with Gasteiger partial charge in [0, 0.05) is 63.8 Å². The summed E-state index contributed by atoms with van der Waals surface area (Å²) in [7, 11) is 0. The van der Waals surface area contributed by atoms with Crippen LogP contribution in [0.2, 0.25) is 0 Å². The number of aliphatic imine (C=N–C) groups is 1. The lowest BCUT2D eigenvalue weighted by Crippen LogP contribution is -2.52. The van der Waals surface area contributed by atoms with Gasteiger partial charge in [-0.25, -0.2) is 4.98 Å². The van der Waals surface area contributed by atoms with Gasteiger partial charge in [0.05, 0.1) is 6.61 Å². The van der Waals surface area contributed by atoms with E-state index >= 15 is 0 Å². The summed E-state index contributed by atoms with van der Waals surface area (Å²) < 4.78 is 10.2. The Morgan fingerprint density at radius 2 is 1.88 bits per heavy atom. The van der Waals surface area contributed by atoms with E-state index < -0.39 is 0 Å². The summed E-state index contributed by atoms with van der Waals surface area (Å²) in [6.07, 6.45) is 3.96. The Labute approximate surface area is 213 Å². The number of nitrogens with one attached hydrogen (secondary N) is 1. The Morgan fingerprint density at radius 1 is 1.09 bits per heavy atom. The quantitative estimate of drug-likeness (QED) is 0.191. The first kappa shape index (κ1) is 26.8. The standard InChI is InChI=1S/C23H36N6OS.HI/c1-3-21-26-23(31-27-21)29-16-14-28(15-17-29)22(24-4-2)25-13-8-9-18-30-19-12-20-10-6-5-7-11-20;/h5-7,10-11H,3-4,8-9,12-19H2,1-2H3,(H,24,25);1H. The molecule has 0 atom stereocenters. The topological polar surface area (TPSA) is 65.9 Å². The number of halogens is 1. The summed E-state index contributed by atoms with van der Waals surface area (Å²) in [5, 5.41) is 4.50. The summed E-state index contributed by atoms with van der Waals surface area (Å²) >= 11 is 1.51. The summed E-state index contributed by atoms with van der Waals surface area (Å²) in [4.78, 5) is 14.2. The van der Waals surface area contributed by atoms with Crippen molar-refractivity contribution in [1.29, 1.82) is 0 Å². The Kier molecular flexibility index (Phi) is 12.9. The van der Waals surface area contributed by atoms with Gasteiger partial charge in [-0.15, -0.1) is 24.0 Å². The smallest absolute Gasteiger partial charge is 0.205 e. The first-order chi connectivity index (χ1) is 15.3. The van der Waals surface area contributed by atoms with Crippen LogP contribution in [0.25, 0.3) is 0 Å². The van der Waals surface area contributed by atoms with Crippen LogP contribution < -0.4 is 10.2 Å². The number of hydrogen-bond acceptors (Lipinski definition) is 6. The van der Waals surface area contributed by atoms with E-state index in [4.69, 9.17) is 9.73 Å². The number of unbranched alkanes of at least 4 members (excludes halogenated alkanes) is 1. The minimum atomic E-state index is 0. The number of rotatable bonds is 11. The molecule has 0 radical (unpaired) electrons. The van der Waals surface area contributed by atoms with E-state index in [1.54, 1.807) is 0 Å². The van der Waals surface area contributed by atoms with E-state index in [0.717, 1.165) is 95.1 Å². The predicted octanol–water partition coefficient (Wildman–Crippen LogP) is 3.85. The van der Waals surface area contributed by atoms with E-state index in [-0.39, 0.29) is 24.0 Å². The van der Waals surface area contributed by atoms with Crippen LogP contribution in [0, 0.1) is 0 Å². The second kappa shape index (κ2) is 15.4. The third-order valence-corrected chi connectivity index (χ3v) is 6.11. The molecule has 1 aliphatic heterocycles. The van der Waals surface area contributed by atoms with Gasteiger partial charge in [0.2, 0.25) is 5.13 Å². The first-order valence-corrected chi connectivity index (χ1v) is 12.3. The van der Waals surface area contributed by atoms with Gasteiger partial charge in [-0.2, -0.15) is 4.37 Å². The molecule has 0 bridgehead atoms. The molecule has 9 heteroatoms. The number of aromatic nitrogens is 2. The molecule has 2 heterocycles. The number of aryl methyl sites for hydroxylation is 1. The maximum absolute atomic E-state index is 5.78. The third-order valence-electron chi connectivity index (χ3n) is 5.29. The monoisotopic (exact) mass is 572 g/mol. The molecule has 0 spiro atoms. The minimum absolute atomic E-state index is 0. The maximum Gasteiger partial charge on any atom is 0.205 e. The molecule has 2 aromatic rings. The molecule has 1 fully saturated rings. The largest absolute Gasteiger partial charge is 0.381 e. The highest BCUT2D eigenvalue weighted by molar-refractivity contribution is 14.0. The number of anilines is 1. The van der Waals surface area contributed by atoms with Gasteiger partial charge in [-0.1, -0.05) is 37.3 Å². The fourth-order valence-corrected chi connectivity index (χ4v) is 4.29. The second-order valence-corrected chi connectivity index (χ2v) is 8.34. The Morgan fingerprint density at radius 3 is 2.56 bits per heavy atom. The zero-order valence-corrected chi connectivity index (χ0v) is 22.5. The Hall–Kier alpha value is -1.46. The highest BCUT2D eigenvalue weighted by Gasteiger charge is 2.21. The van der Waals surface area contributed by atoms with Crippen molar-refractivity contribution >= 4 is 46.6 Å². The zero-order chi connectivity index (χ0) is 21.7. The minimum Gasteiger partial charge on any atom is -0.381 e. The van der Waals surface area contributed by atoms with Crippen molar-refractivity contribution in [1.82, 2.24) is 19.6 Å². The van der Waals surface area contributed by atoms with Crippen LogP contribution in [0.3, 0.4) is 0 Å². The van der Waals surface area contributed by atoms with Gasteiger partial charge in [0.15, 0.2) is 5.96 Å². The first-order valence-electron chi connectivity index (χ1n) is 11.5. The molecule has 1 aromatic heterocycles. The molecule has 0 aliphatic carbocycles. The van der Waals surface area contributed by atoms with Gasteiger partial charge in [0.1, 0.15) is 5.82 Å². The number of hydrogen-bond donors (Lipinski definition) is 1. The molecular weight excluding hydrogens is 535 g/mol. The van der Waals surface area contributed by atoms with Gasteiger partial charge in [0.25, 0.3) is 0 Å². The average Bonchev–Trinajstić information content (AvgIpc) is 3.30. The van der Waals surface area contributed by atoms with Crippen molar-refractivity contribution in [3.63, 3.8) is 0 Å². The van der Waals surface area contributed by atoms with Crippen LogP contribution in [0.15, 0.2) is 35.3 Å². The zero-order valence-electron chi connectivity index (χ0n) is 19.3. The average molecular weight is 573 g/mol. The van der Waals surface area contributed by atoms with Crippen LogP contribution in [0.5, 0.6) is 0 Å². The van der Waals surface area contributed by atoms with E-state index in [9.17, 15) is 0 Å². The van der Waals surface area contributed by atoms with E-state index in [1.165, 1.54) is 17.1 Å². The highest BCUT2D eigenvalue weighted by atomic mass is 127. The fourth-order valence-electron chi connectivity index (χ4n) is 3.49. The molecule has 178 valence electrons. The molecule has 0 unspecified atom stereocenters. The van der Waals surface area contributed by atoms with E-state index in [0.29, 0.717) is 0 Å². The van der Waals surface area contributed by atoms with Crippen LogP contribution in [-0.2, 0) is 17.6 Å². The van der Waals surface area contributed by atoms with E-state index in [2.05, 4.69) is 62.6 Å². The molecule has 0 saturated carbocycles. The van der Waals surface area contributed by atoms with Crippen LogP contribution >= 0.6 is 35.5 Å². The number of benzene rings is 1. The Balaban J connectivity index is 0.00000363. The van der Waals surface area contributed by atoms with E-state index in [1.807, 2.05) is 6.07 Å². The second-order valence-electron chi connectivity index (χ2n) is 7.61. The number of nitrogens with zero attached hydrogens (tertiary/aromatic N) is 5. The summed E-state index contributed by atoms with van der Waals surface area (Å²) in [5.74, 6) is 1.97. The number of guanidine groups is 1. The lowest BCUT2D eigenvalue weighted by atomic mass is 10.2. The predicted molar refractivity (Wildman–Crippen MR) is 145 cm³/mol. The van der Waals surface area contributed by atoms with Gasteiger partial charge in [-0.05, 0) is 31.7 Å². The SMILES string of the molecule is CCNC(=NCCCCOCCc1ccccc1)N1CCN(c2nc(CC)ns2)CC1.I. The normalized spacial score (nSPS) is 14.4. The lowest BCUT2D eigenvalue weighted by Gasteiger charge is -2.36. The fraction of sp³-hybridized carbons (Fsp3) is 0.609. The van der Waals surface area contributed by atoms with Crippen molar-refractivity contribution < 1.29 is 4.74 Å². The summed E-state index contributed by atoms with van der Waals surface area (Å²) in [6, 6.07) is 10.5. The van der Waals surface area contributed by atoms with Crippen LogP contribution in [0.1, 0.15) is 38.1 Å². The number of piperazine rings is 1. The lowest BCUT2D eigenvalue weighted by molar-refractivity contribution is 0.134. The molecule has 0 amide bonds. The molecular formula is C23H37IN6OS. The van der Waals surface area contributed by atoms with Crippen LogP contribution in [-0.4, -0.2) is 72.7 Å². The summed E-state index contributed by atoms with van der Waals surface area (Å²) in [5.41, 5.74) is 1.33. The Bertz CT molecular complexity index is 780. The molecule has 1 aromatic carbocycles. The number of ether oxygens (including phenoxy) is 1. The molecule has 1 saturated heterocycles. The van der Waals surface area contributed by atoms with Crippen LogP contribution in [0.4, 0.5) is 5.13 Å². The van der Waals surface area contributed by atoms with Crippen molar-refractivity contribution in [3.05, 3.63) is 41.7 Å². The molecule has 32 heavy (non-hydrogen) atoms. The van der Waals surface area contributed by atoms with Crippen molar-refractivity contribution in [2.45, 2.75) is 39.5 Å². The van der Waals surface area contributed by atoms with Gasteiger partial charge in [-0.3, -0.25) is 4.99 Å². The van der Waals surface area contributed by atoms with Crippen molar-refractivity contribution in [2.24, 2.45) is 4.99 Å². The van der Waals surface area contributed by atoms with Crippen molar-refractivity contribution in [3.8, 4) is 0 Å². The van der Waals surface area contributed by atoms with Crippen molar-refractivity contribution in [2.75, 3.05) is 57.4 Å². The molecule has 1 aliphatic rings. The molecule has 1 N–H and O–H groups in total. The maximum atomic E-state index is 5.78. The van der Waals surface area contributed by atoms with Gasteiger partial charge < -0.3 is 19.9 Å². The van der Waals surface area contributed by atoms with Gasteiger partial charge >= 0.3 is 0 Å². The highest BCUT2D eigenvalue weighted by Crippen LogP contribution is 2.19. The third kappa shape index (κ3) is 8.82. The summed E-state index contributed by atoms with van der Waals surface area (Å²) in [6.45, 7) is 11.4. The molecule has 7 nitrogen and oxygen atoms in total. The molecule has 3 rings (SSSR count).